The van der Waals surface area contributed by atoms with Crippen molar-refractivity contribution in [1.29, 1.82) is 0 Å². The third-order valence-corrected chi connectivity index (χ3v) is 8.93. The Morgan fingerprint density at radius 3 is 2.50 bits per heavy atom. The van der Waals surface area contributed by atoms with Crippen LogP contribution >= 0.6 is 11.6 Å². The minimum Gasteiger partial charge on any atom is -0.484 e. The van der Waals surface area contributed by atoms with E-state index in [0.29, 0.717) is 26.9 Å². The predicted molar refractivity (Wildman–Crippen MR) is 144 cm³/mol. The Bertz CT molecular complexity index is 1470. The van der Waals surface area contributed by atoms with Gasteiger partial charge in [0.25, 0.3) is 10.0 Å². The van der Waals surface area contributed by atoms with Crippen LogP contribution in [0.4, 0.5) is 33.7 Å². The average Bonchev–Trinajstić information content (AvgIpc) is 3.33. The van der Waals surface area contributed by atoms with E-state index >= 15 is 0 Å². The number of carbonyl (C=O) groups is 2. The van der Waals surface area contributed by atoms with Crippen molar-refractivity contribution in [2.24, 2.45) is 5.92 Å². The number of amides is 2. The normalized spacial score (nSPS) is 20.9. The van der Waals surface area contributed by atoms with E-state index in [9.17, 15) is 35.6 Å². The van der Waals surface area contributed by atoms with Crippen LogP contribution in [0, 0.1) is 11.7 Å². The fourth-order valence-electron chi connectivity index (χ4n) is 4.34. The number of rotatable bonds is 7. The van der Waals surface area contributed by atoms with Crippen LogP contribution in [0.1, 0.15) is 27.2 Å². The molecule has 0 saturated carbocycles. The van der Waals surface area contributed by atoms with E-state index in [0.717, 1.165) is 22.5 Å². The second-order valence-electron chi connectivity index (χ2n) is 10.3. The van der Waals surface area contributed by atoms with Crippen LogP contribution in [-0.4, -0.2) is 64.1 Å². The molecule has 10 nitrogen and oxygen atoms in total. The lowest BCUT2D eigenvalue weighted by atomic mass is 10.0. The molecule has 4 rings (SSSR count). The molecule has 0 radical (unpaired) electrons. The maximum Gasteiger partial charge on any atom is 0.427 e. The molecular formula is C26H28ClF4N3O7S. The Morgan fingerprint density at radius 1 is 1.17 bits per heavy atom. The van der Waals surface area contributed by atoms with Crippen molar-refractivity contribution >= 4 is 45.0 Å². The largest absolute Gasteiger partial charge is 0.484 e. The zero-order chi connectivity index (χ0) is 31.0. The molecule has 0 aliphatic carbocycles. The first-order valence-corrected chi connectivity index (χ1v) is 14.6. The molecule has 0 aromatic heterocycles. The summed E-state index contributed by atoms with van der Waals surface area (Å²) in [4.78, 5) is 24.6. The van der Waals surface area contributed by atoms with Gasteiger partial charge in [-0.1, -0.05) is 11.6 Å². The summed E-state index contributed by atoms with van der Waals surface area (Å²) in [5.41, 5.74) is -2.98. The van der Waals surface area contributed by atoms with Gasteiger partial charge in [-0.3, -0.25) is 14.4 Å². The third kappa shape index (κ3) is 6.68. The molecule has 42 heavy (non-hydrogen) atoms. The van der Waals surface area contributed by atoms with Crippen LogP contribution in [-0.2, 0) is 24.3 Å². The molecule has 2 aliphatic heterocycles. The van der Waals surface area contributed by atoms with E-state index in [1.54, 1.807) is 6.92 Å². The van der Waals surface area contributed by atoms with E-state index in [1.807, 2.05) is 0 Å². The fourth-order valence-corrected chi connectivity index (χ4v) is 6.11. The Kier molecular flexibility index (Phi) is 8.86. The highest BCUT2D eigenvalue weighted by Gasteiger charge is 2.51. The number of ether oxygens (including phenoxy) is 3. The quantitative estimate of drug-likeness (QED) is 0.416. The fraction of sp³-hybridized carbons (Fsp3) is 0.462. The summed E-state index contributed by atoms with van der Waals surface area (Å²) in [7, 11) is -4.43. The van der Waals surface area contributed by atoms with Gasteiger partial charge in [-0.15, -0.1) is 0 Å². The van der Waals surface area contributed by atoms with E-state index in [1.165, 1.54) is 18.2 Å². The molecule has 2 N–H and O–H groups in total. The molecule has 1 fully saturated rings. The summed E-state index contributed by atoms with van der Waals surface area (Å²) in [5.74, 6) is -1.47. The maximum absolute atomic E-state index is 13.8. The predicted octanol–water partition coefficient (Wildman–Crippen LogP) is 4.87. The Labute approximate surface area is 244 Å². The second-order valence-corrected chi connectivity index (χ2v) is 12.5. The molecule has 2 aromatic rings. The van der Waals surface area contributed by atoms with Gasteiger partial charge in [-0.2, -0.15) is 13.2 Å². The van der Waals surface area contributed by atoms with Gasteiger partial charge in [0.15, 0.2) is 0 Å². The molecule has 3 atom stereocenters. The minimum atomic E-state index is -4.84. The summed E-state index contributed by atoms with van der Waals surface area (Å²) in [5, 5.41) is 4.47. The molecule has 2 aromatic carbocycles. The number of nitrogens with zero attached hydrogens (tertiary/aromatic N) is 1. The second kappa shape index (κ2) is 11.8. The van der Waals surface area contributed by atoms with Crippen molar-refractivity contribution < 1.29 is 49.8 Å². The number of halogens is 5. The Balaban J connectivity index is 1.62. The van der Waals surface area contributed by atoms with Gasteiger partial charge in [0, 0.05) is 12.3 Å². The van der Waals surface area contributed by atoms with Crippen molar-refractivity contribution in [3.8, 4) is 5.75 Å². The number of hydrogen-bond acceptors (Lipinski definition) is 7. The van der Waals surface area contributed by atoms with Crippen molar-refractivity contribution in [1.82, 2.24) is 5.32 Å². The van der Waals surface area contributed by atoms with Gasteiger partial charge in [0.05, 0.1) is 40.7 Å². The summed E-state index contributed by atoms with van der Waals surface area (Å²) < 4.78 is 97.5. The standard InChI is InChI=1S/C26H28ClF4N3O7S/c1-14-18(8-9-39-14)23(35)32-12-16-13-34(42(37,38)17-5-6-20(28)19(27)11-17)21-10-15(4-7-22(21)40-16)33-24(36)41-25(2,3)26(29,30)31/h4-7,10-11,14,16,18H,8-9,12-13H2,1-3H3,(H,32,35)(H,33,36)/t14?,16-,18?/m0/s1. The molecule has 2 unspecified atom stereocenters. The average molecular weight is 638 g/mol. The molecule has 16 heteroatoms. The van der Waals surface area contributed by atoms with Crippen molar-refractivity contribution in [3.05, 3.63) is 47.2 Å². The summed E-state index contributed by atoms with van der Waals surface area (Å²) >= 11 is 5.83. The molecule has 2 aliphatic rings. The summed E-state index contributed by atoms with van der Waals surface area (Å²) in [6.45, 7) is 3.17. The highest BCUT2D eigenvalue weighted by molar-refractivity contribution is 7.92. The van der Waals surface area contributed by atoms with Crippen molar-refractivity contribution in [2.45, 2.75) is 56.1 Å². The monoisotopic (exact) mass is 637 g/mol. The van der Waals surface area contributed by atoms with Crippen LogP contribution in [0.2, 0.25) is 5.02 Å². The maximum atomic E-state index is 13.8. The summed E-state index contributed by atoms with van der Waals surface area (Å²) in [6, 6.07) is 6.59. The number of nitrogens with one attached hydrogen (secondary N) is 2. The van der Waals surface area contributed by atoms with Crippen LogP contribution < -0.4 is 19.7 Å². The number of benzene rings is 2. The number of alkyl halides is 3. The van der Waals surface area contributed by atoms with Gasteiger partial charge in [0.2, 0.25) is 11.5 Å². The van der Waals surface area contributed by atoms with Crippen molar-refractivity contribution in [2.75, 3.05) is 29.3 Å². The number of hydrogen-bond donors (Lipinski definition) is 2. The van der Waals surface area contributed by atoms with E-state index in [4.69, 9.17) is 21.1 Å². The number of anilines is 2. The lowest BCUT2D eigenvalue weighted by Crippen LogP contribution is -2.49. The van der Waals surface area contributed by atoms with Gasteiger partial charge in [-0.25, -0.2) is 17.6 Å². The van der Waals surface area contributed by atoms with Gasteiger partial charge in [-0.05, 0) is 63.6 Å². The van der Waals surface area contributed by atoms with Crippen LogP contribution in [0.5, 0.6) is 5.75 Å². The smallest absolute Gasteiger partial charge is 0.427 e. The molecule has 1 saturated heterocycles. The van der Waals surface area contributed by atoms with Gasteiger partial charge in [0.1, 0.15) is 17.7 Å². The number of carbonyl (C=O) groups excluding carboxylic acids is 2. The summed E-state index contributed by atoms with van der Waals surface area (Å²) in [6.07, 6.45) is -6.90. The molecular weight excluding hydrogens is 610 g/mol. The SMILES string of the molecule is CC1OCCC1C(=O)NC[C@H]1CN(S(=O)(=O)c2ccc(F)c(Cl)c2)c2cc(NC(=O)OC(C)(C)C(F)(F)F)ccc2O1. The molecule has 2 heterocycles. The highest BCUT2D eigenvalue weighted by Crippen LogP contribution is 2.40. The molecule has 2 amide bonds. The van der Waals surface area contributed by atoms with Gasteiger partial charge >= 0.3 is 12.3 Å². The number of fused-ring (bicyclic) bond motifs is 1. The first-order valence-electron chi connectivity index (χ1n) is 12.7. The minimum absolute atomic E-state index is 0.0318. The topological polar surface area (TPSA) is 123 Å². The lowest BCUT2D eigenvalue weighted by Gasteiger charge is -2.36. The number of sulfonamides is 1. The van der Waals surface area contributed by atoms with Crippen molar-refractivity contribution in [3.63, 3.8) is 0 Å². The zero-order valence-corrected chi connectivity index (χ0v) is 24.2. The first kappa shape index (κ1) is 31.6. The van der Waals surface area contributed by atoms with Crippen LogP contribution in [0.15, 0.2) is 41.3 Å². The van der Waals surface area contributed by atoms with Crippen LogP contribution in [0.3, 0.4) is 0 Å². The molecule has 0 spiro atoms. The van der Waals surface area contributed by atoms with E-state index in [-0.39, 0.29) is 53.0 Å². The first-order chi connectivity index (χ1) is 19.5. The van der Waals surface area contributed by atoms with E-state index < -0.39 is 44.8 Å². The van der Waals surface area contributed by atoms with Gasteiger partial charge < -0.3 is 19.5 Å². The van der Waals surface area contributed by atoms with Crippen LogP contribution in [0.25, 0.3) is 0 Å². The lowest BCUT2D eigenvalue weighted by molar-refractivity contribution is -0.242. The Morgan fingerprint density at radius 2 is 1.88 bits per heavy atom. The molecule has 0 bridgehead atoms. The molecule has 230 valence electrons. The third-order valence-electron chi connectivity index (χ3n) is 6.86. The van der Waals surface area contributed by atoms with E-state index in [2.05, 4.69) is 15.4 Å². The zero-order valence-electron chi connectivity index (χ0n) is 22.6. The highest BCUT2D eigenvalue weighted by atomic mass is 35.5. The Hall–Kier alpha value is -3.30.